The number of carbonyl (C=O) groups is 1. The number of aromatic amines is 1. The van der Waals surface area contributed by atoms with Crippen LogP contribution in [-0.2, 0) is 6.42 Å². The number of rotatable bonds is 7. The van der Waals surface area contributed by atoms with Gasteiger partial charge in [0, 0.05) is 21.9 Å². The molecule has 4 aromatic carbocycles. The average Bonchev–Trinajstić information content (AvgIpc) is 3.23. The van der Waals surface area contributed by atoms with Crippen molar-refractivity contribution < 1.29 is 19.4 Å². The third kappa shape index (κ3) is 4.35. The largest absolute Gasteiger partial charge is 0.512 e. The number of nitrogens with one attached hydrogen (secondary N) is 1. The molecule has 0 amide bonds. The molecule has 36 heavy (non-hydrogen) atoms. The summed E-state index contributed by atoms with van der Waals surface area (Å²) in [5.74, 6) is 1.04. The zero-order valence-corrected chi connectivity index (χ0v) is 19.7. The lowest BCUT2D eigenvalue weighted by molar-refractivity contribution is 0.142. The van der Waals surface area contributed by atoms with Crippen LogP contribution in [0.3, 0.4) is 0 Å². The Hall–Kier alpha value is -4.76. The molecule has 1 aromatic heterocycles. The zero-order valence-electron chi connectivity index (χ0n) is 19.7. The van der Waals surface area contributed by atoms with Crippen LogP contribution in [0.25, 0.3) is 32.8 Å². The molecule has 178 valence electrons. The van der Waals surface area contributed by atoms with Crippen molar-refractivity contribution in [2.45, 2.75) is 19.8 Å². The predicted octanol–water partition coefficient (Wildman–Crippen LogP) is 7.24. The predicted molar refractivity (Wildman–Crippen MR) is 140 cm³/mol. The average molecular weight is 477 g/mol. The molecule has 0 aliphatic heterocycles. The second-order valence-corrected chi connectivity index (χ2v) is 8.55. The summed E-state index contributed by atoms with van der Waals surface area (Å²) in [5, 5.41) is 21.8. The number of hydrogen-bond donors (Lipinski definition) is 2. The van der Waals surface area contributed by atoms with Gasteiger partial charge in [-0.25, -0.2) is 4.79 Å². The first-order chi connectivity index (χ1) is 17.6. The van der Waals surface area contributed by atoms with E-state index in [0.29, 0.717) is 25.0 Å². The number of aryl methyl sites for hydroxylation is 1. The Morgan fingerprint density at radius 1 is 0.944 bits per heavy atom. The van der Waals surface area contributed by atoms with Gasteiger partial charge in [-0.3, -0.25) is 0 Å². The number of H-pyrrole nitrogens is 1. The van der Waals surface area contributed by atoms with Gasteiger partial charge in [-0.05, 0) is 48.4 Å². The molecule has 6 heteroatoms. The van der Waals surface area contributed by atoms with Crippen LogP contribution in [-0.4, -0.2) is 22.9 Å². The first-order valence-corrected chi connectivity index (χ1v) is 11.7. The summed E-state index contributed by atoms with van der Waals surface area (Å²) < 4.78 is 11.2. The highest BCUT2D eigenvalue weighted by atomic mass is 16.7. The van der Waals surface area contributed by atoms with Crippen molar-refractivity contribution in [1.82, 2.24) is 4.98 Å². The fraction of sp³-hybridized carbons (Fsp3) is 0.133. The number of benzene rings is 4. The highest BCUT2D eigenvalue weighted by molar-refractivity contribution is 5.98. The van der Waals surface area contributed by atoms with Crippen molar-refractivity contribution in [3.05, 3.63) is 95.6 Å². The van der Waals surface area contributed by atoms with E-state index in [2.05, 4.69) is 23.2 Å². The number of hydrogen-bond acceptors (Lipinski definition) is 4. The topological polar surface area (TPSA) is 95.3 Å². The molecule has 0 saturated heterocycles. The molecule has 0 radical (unpaired) electrons. The first-order valence-electron chi connectivity index (χ1n) is 11.7. The quantitative estimate of drug-likeness (QED) is 0.191. The van der Waals surface area contributed by atoms with Gasteiger partial charge in [0.1, 0.15) is 5.75 Å². The van der Waals surface area contributed by atoms with Crippen LogP contribution in [0.5, 0.6) is 11.6 Å². The van der Waals surface area contributed by atoms with E-state index < -0.39 is 6.16 Å². The van der Waals surface area contributed by atoms with Crippen LogP contribution in [0.2, 0.25) is 0 Å². The molecule has 0 aliphatic rings. The van der Waals surface area contributed by atoms with Crippen molar-refractivity contribution in [1.29, 1.82) is 5.26 Å². The van der Waals surface area contributed by atoms with Crippen LogP contribution in [0.15, 0.2) is 78.9 Å². The van der Waals surface area contributed by atoms with Gasteiger partial charge >= 0.3 is 6.16 Å². The lowest BCUT2D eigenvalue weighted by Crippen LogP contribution is -2.06. The molecular weight excluding hydrogens is 452 g/mol. The van der Waals surface area contributed by atoms with E-state index in [1.54, 1.807) is 6.07 Å². The summed E-state index contributed by atoms with van der Waals surface area (Å²) in [7, 11) is 0. The highest BCUT2D eigenvalue weighted by Crippen LogP contribution is 2.37. The molecule has 0 bridgehead atoms. The summed E-state index contributed by atoms with van der Waals surface area (Å²) in [6.45, 7) is 2.38. The zero-order chi connectivity index (χ0) is 25.1. The van der Waals surface area contributed by atoms with Crippen LogP contribution in [0.4, 0.5) is 4.79 Å². The van der Waals surface area contributed by atoms with Crippen LogP contribution in [0, 0.1) is 18.3 Å². The van der Waals surface area contributed by atoms with Gasteiger partial charge in [0.05, 0.1) is 23.8 Å². The molecule has 0 spiro atoms. The van der Waals surface area contributed by atoms with E-state index >= 15 is 0 Å². The Bertz CT molecular complexity index is 1620. The third-order valence-electron chi connectivity index (χ3n) is 6.41. The standard InChI is InChI=1S/C30H24N2O4/c1-19-21(18-31)10-4-12-22(19)24-13-6-14-25-26(29(32-28(24)25)36-30(33)34)15-7-17-35-27-16-5-9-20-8-2-3-11-23(20)27/h2-6,8-14,16,32H,7,15,17H2,1H3,(H,33,34). The lowest BCUT2D eigenvalue weighted by atomic mass is 9.95. The molecule has 0 saturated carbocycles. The minimum Gasteiger partial charge on any atom is -0.493 e. The molecule has 0 aliphatic carbocycles. The Labute approximate surface area is 208 Å². The third-order valence-corrected chi connectivity index (χ3v) is 6.41. The van der Waals surface area contributed by atoms with Gasteiger partial charge in [0.2, 0.25) is 5.88 Å². The monoisotopic (exact) mass is 476 g/mol. The van der Waals surface area contributed by atoms with E-state index in [9.17, 15) is 15.2 Å². The summed E-state index contributed by atoms with van der Waals surface area (Å²) in [6.07, 6.45) is -0.146. The molecule has 2 N–H and O–H groups in total. The van der Waals surface area contributed by atoms with E-state index in [1.165, 1.54) is 0 Å². The van der Waals surface area contributed by atoms with Crippen molar-refractivity contribution in [3.63, 3.8) is 0 Å². The normalized spacial score (nSPS) is 10.9. The van der Waals surface area contributed by atoms with Crippen LogP contribution < -0.4 is 9.47 Å². The summed E-state index contributed by atoms with van der Waals surface area (Å²) in [4.78, 5) is 14.6. The maximum Gasteiger partial charge on any atom is 0.512 e. The van der Waals surface area contributed by atoms with Gasteiger partial charge < -0.3 is 19.6 Å². The van der Waals surface area contributed by atoms with E-state index in [-0.39, 0.29) is 5.88 Å². The number of fused-ring (bicyclic) bond motifs is 2. The number of nitrogens with zero attached hydrogens (tertiary/aromatic N) is 1. The maximum atomic E-state index is 11.4. The van der Waals surface area contributed by atoms with E-state index in [0.717, 1.165) is 49.7 Å². The van der Waals surface area contributed by atoms with Gasteiger partial charge in [-0.1, -0.05) is 66.7 Å². The number of para-hydroxylation sites is 1. The Balaban J connectivity index is 1.45. The van der Waals surface area contributed by atoms with E-state index in [1.807, 2.05) is 67.6 Å². The van der Waals surface area contributed by atoms with Crippen molar-refractivity contribution in [3.8, 4) is 28.8 Å². The first kappa shape index (κ1) is 23.0. The molecule has 5 aromatic rings. The van der Waals surface area contributed by atoms with Crippen LogP contribution in [0.1, 0.15) is 23.1 Å². The Morgan fingerprint density at radius 3 is 2.50 bits per heavy atom. The summed E-state index contributed by atoms with van der Waals surface area (Å²) in [6, 6.07) is 27.7. The number of carboxylic acid groups (broad SMARTS) is 1. The Morgan fingerprint density at radius 2 is 1.67 bits per heavy atom. The van der Waals surface area contributed by atoms with Gasteiger partial charge in [-0.15, -0.1) is 0 Å². The molecule has 0 unspecified atom stereocenters. The number of ether oxygens (including phenoxy) is 2. The molecule has 1 heterocycles. The number of nitriles is 1. The van der Waals surface area contributed by atoms with Crippen molar-refractivity contribution in [2.24, 2.45) is 0 Å². The smallest absolute Gasteiger partial charge is 0.493 e. The van der Waals surface area contributed by atoms with Crippen molar-refractivity contribution in [2.75, 3.05) is 6.61 Å². The minimum absolute atomic E-state index is 0.212. The van der Waals surface area contributed by atoms with Crippen molar-refractivity contribution >= 4 is 27.8 Å². The van der Waals surface area contributed by atoms with Gasteiger partial charge in [0.25, 0.3) is 0 Å². The second-order valence-electron chi connectivity index (χ2n) is 8.55. The lowest BCUT2D eigenvalue weighted by Gasteiger charge is -2.10. The van der Waals surface area contributed by atoms with Gasteiger partial charge in [-0.2, -0.15) is 5.26 Å². The molecule has 0 fully saturated rings. The molecule has 5 rings (SSSR count). The summed E-state index contributed by atoms with van der Waals surface area (Å²) >= 11 is 0. The second kappa shape index (κ2) is 9.85. The molecule has 6 nitrogen and oxygen atoms in total. The minimum atomic E-state index is -1.38. The molecular formula is C30H24N2O4. The summed E-state index contributed by atoms with van der Waals surface area (Å²) in [5.41, 5.74) is 4.82. The molecule has 0 atom stereocenters. The van der Waals surface area contributed by atoms with Crippen LogP contribution >= 0.6 is 0 Å². The number of aromatic nitrogens is 1. The highest BCUT2D eigenvalue weighted by Gasteiger charge is 2.19. The Kier molecular flexibility index (Phi) is 6.29. The SMILES string of the molecule is Cc1c(C#N)cccc1-c1cccc2c(CCCOc3cccc4ccccc34)c(OC(=O)O)[nH]c12. The fourth-order valence-electron chi connectivity index (χ4n) is 4.70. The maximum absolute atomic E-state index is 11.4. The fourth-order valence-corrected chi connectivity index (χ4v) is 4.70. The van der Waals surface area contributed by atoms with E-state index in [4.69, 9.17) is 9.47 Å². The van der Waals surface area contributed by atoms with Gasteiger partial charge in [0.15, 0.2) is 0 Å².